The first-order chi connectivity index (χ1) is 8.29. The SMILES string of the molecule is CCCNc1cncc(N2CCC(O)CC2)n1. The van der Waals surface area contributed by atoms with E-state index in [2.05, 4.69) is 27.1 Å². The van der Waals surface area contributed by atoms with Crippen LogP contribution in [0.2, 0.25) is 0 Å². The second kappa shape index (κ2) is 5.82. The lowest BCUT2D eigenvalue weighted by Gasteiger charge is -2.30. The first kappa shape index (κ1) is 12.1. The summed E-state index contributed by atoms with van der Waals surface area (Å²) >= 11 is 0. The summed E-state index contributed by atoms with van der Waals surface area (Å²) in [6.45, 7) is 4.74. The Kier molecular flexibility index (Phi) is 4.14. The van der Waals surface area contributed by atoms with Crippen molar-refractivity contribution in [2.45, 2.75) is 32.3 Å². The van der Waals surface area contributed by atoms with Crippen LogP contribution < -0.4 is 10.2 Å². The molecule has 0 aromatic carbocycles. The highest BCUT2D eigenvalue weighted by Crippen LogP contribution is 2.18. The number of nitrogens with one attached hydrogen (secondary N) is 1. The molecule has 2 rings (SSSR count). The Morgan fingerprint density at radius 3 is 2.88 bits per heavy atom. The normalized spacial score (nSPS) is 17.2. The maximum atomic E-state index is 9.47. The summed E-state index contributed by atoms with van der Waals surface area (Å²) in [6.07, 6.45) is 6.08. The molecule has 2 heterocycles. The van der Waals surface area contributed by atoms with Crippen LogP contribution in [0.1, 0.15) is 26.2 Å². The second-order valence-electron chi connectivity index (χ2n) is 4.41. The summed E-state index contributed by atoms with van der Waals surface area (Å²) in [5, 5.41) is 12.7. The van der Waals surface area contributed by atoms with Gasteiger partial charge >= 0.3 is 0 Å². The zero-order valence-electron chi connectivity index (χ0n) is 10.3. The van der Waals surface area contributed by atoms with Gasteiger partial charge in [-0.05, 0) is 19.3 Å². The van der Waals surface area contributed by atoms with Crippen molar-refractivity contribution in [3.8, 4) is 0 Å². The van der Waals surface area contributed by atoms with E-state index in [0.29, 0.717) is 0 Å². The lowest BCUT2D eigenvalue weighted by atomic mass is 10.1. The van der Waals surface area contributed by atoms with Gasteiger partial charge in [0.1, 0.15) is 11.6 Å². The molecular weight excluding hydrogens is 216 g/mol. The molecule has 0 unspecified atom stereocenters. The molecule has 0 radical (unpaired) electrons. The molecular formula is C12H20N4O. The molecule has 0 aliphatic carbocycles. The van der Waals surface area contributed by atoms with Gasteiger partial charge in [0.2, 0.25) is 0 Å². The van der Waals surface area contributed by atoms with E-state index in [4.69, 9.17) is 0 Å². The van der Waals surface area contributed by atoms with Crippen LogP contribution >= 0.6 is 0 Å². The molecule has 1 aliphatic heterocycles. The van der Waals surface area contributed by atoms with Crippen molar-refractivity contribution in [1.82, 2.24) is 9.97 Å². The third kappa shape index (κ3) is 3.30. The number of nitrogens with zero attached hydrogens (tertiary/aromatic N) is 3. The van der Waals surface area contributed by atoms with Gasteiger partial charge in [0.05, 0.1) is 18.5 Å². The Morgan fingerprint density at radius 1 is 1.41 bits per heavy atom. The van der Waals surface area contributed by atoms with Crippen molar-refractivity contribution in [3.63, 3.8) is 0 Å². The molecule has 2 N–H and O–H groups in total. The molecule has 0 atom stereocenters. The van der Waals surface area contributed by atoms with Gasteiger partial charge in [0.15, 0.2) is 0 Å². The highest BCUT2D eigenvalue weighted by Gasteiger charge is 2.18. The predicted molar refractivity (Wildman–Crippen MR) is 68.3 cm³/mol. The average Bonchev–Trinajstić information content (AvgIpc) is 2.37. The van der Waals surface area contributed by atoms with Gasteiger partial charge in [0, 0.05) is 19.6 Å². The van der Waals surface area contributed by atoms with E-state index >= 15 is 0 Å². The number of hydrogen-bond donors (Lipinski definition) is 2. The molecule has 5 nitrogen and oxygen atoms in total. The van der Waals surface area contributed by atoms with Gasteiger partial charge in [0.25, 0.3) is 0 Å². The fourth-order valence-corrected chi connectivity index (χ4v) is 1.94. The van der Waals surface area contributed by atoms with E-state index in [-0.39, 0.29) is 6.10 Å². The second-order valence-corrected chi connectivity index (χ2v) is 4.41. The van der Waals surface area contributed by atoms with E-state index in [9.17, 15) is 5.11 Å². The molecule has 1 saturated heterocycles. The number of aromatic nitrogens is 2. The maximum absolute atomic E-state index is 9.47. The van der Waals surface area contributed by atoms with Gasteiger partial charge < -0.3 is 15.3 Å². The van der Waals surface area contributed by atoms with Crippen molar-refractivity contribution in [2.75, 3.05) is 29.9 Å². The Morgan fingerprint density at radius 2 is 2.18 bits per heavy atom. The lowest BCUT2D eigenvalue weighted by Crippen LogP contribution is -2.36. The predicted octanol–water partition coefficient (Wildman–Crippen LogP) is 1.26. The van der Waals surface area contributed by atoms with Crippen LogP contribution in [-0.2, 0) is 0 Å². The molecule has 94 valence electrons. The highest BCUT2D eigenvalue weighted by molar-refractivity contribution is 5.44. The van der Waals surface area contributed by atoms with Crippen LogP contribution in [0.3, 0.4) is 0 Å². The van der Waals surface area contributed by atoms with E-state index < -0.39 is 0 Å². The summed E-state index contributed by atoms with van der Waals surface area (Å²) in [5.41, 5.74) is 0. The van der Waals surface area contributed by atoms with Crippen molar-refractivity contribution in [1.29, 1.82) is 0 Å². The average molecular weight is 236 g/mol. The van der Waals surface area contributed by atoms with Gasteiger partial charge in [-0.3, -0.25) is 4.98 Å². The lowest BCUT2D eigenvalue weighted by molar-refractivity contribution is 0.145. The molecule has 5 heteroatoms. The summed E-state index contributed by atoms with van der Waals surface area (Å²) < 4.78 is 0. The fraction of sp³-hybridized carbons (Fsp3) is 0.667. The fourth-order valence-electron chi connectivity index (χ4n) is 1.94. The summed E-state index contributed by atoms with van der Waals surface area (Å²) in [5.74, 6) is 1.73. The van der Waals surface area contributed by atoms with Crippen molar-refractivity contribution >= 4 is 11.6 Å². The molecule has 0 bridgehead atoms. The Hall–Kier alpha value is -1.36. The first-order valence-corrected chi connectivity index (χ1v) is 6.28. The number of rotatable bonds is 4. The van der Waals surface area contributed by atoms with E-state index in [1.807, 2.05) is 0 Å². The molecule has 1 fully saturated rings. The standard InChI is InChI=1S/C12H20N4O/c1-2-5-14-11-8-13-9-12(15-11)16-6-3-10(17)4-7-16/h8-10,17H,2-7H2,1H3,(H,14,15). The minimum atomic E-state index is -0.152. The number of hydrogen-bond acceptors (Lipinski definition) is 5. The third-order valence-corrected chi connectivity index (χ3v) is 2.97. The van der Waals surface area contributed by atoms with Gasteiger partial charge in [-0.25, -0.2) is 4.98 Å². The molecule has 0 saturated carbocycles. The third-order valence-electron chi connectivity index (χ3n) is 2.97. The van der Waals surface area contributed by atoms with Gasteiger partial charge in [-0.2, -0.15) is 0 Å². The van der Waals surface area contributed by atoms with Crippen molar-refractivity contribution in [2.24, 2.45) is 0 Å². The number of aliphatic hydroxyl groups is 1. The van der Waals surface area contributed by atoms with Gasteiger partial charge in [-0.1, -0.05) is 6.92 Å². The monoisotopic (exact) mass is 236 g/mol. The molecule has 1 aromatic rings. The smallest absolute Gasteiger partial charge is 0.149 e. The van der Waals surface area contributed by atoms with Crippen LogP contribution in [-0.4, -0.2) is 40.8 Å². The maximum Gasteiger partial charge on any atom is 0.149 e. The topological polar surface area (TPSA) is 61.3 Å². The van der Waals surface area contributed by atoms with Crippen LogP contribution in [0, 0.1) is 0 Å². The minimum Gasteiger partial charge on any atom is -0.393 e. The number of aliphatic hydroxyl groups excluding tert-OH is 1. The number of piperidine rings is 1. The van der Waals surface area contributed by atoms with Crippen LogP contribution in [0.15, 0.2) is 12.4 Å². The largest absolute Gasteiger partial charge is 0.393 e. The van der Waals surface area contributed by atoms with E-state index in [1.54, 1.807) is 12.4 Å². The van der Waals surface area contributed by atoms with Crippen LogP contribution in [0.5, 0.6) is 0 Å². The Labute approximate surface area is 102 Å². The molecule has 1 aromatic heterocycles. The summed E-state index contributed by atoms with van der Waals surface area (Å²) in [6, 6.07) is 0. The molecule has 17 heavy (non-hydrogen) atoms. The Balaban J connectivity index is 2.00. The molecule has 0 spiro atoms. The summed E-state index contributed by atoms with van der Waals surface area (Å²) in [7, 11) is 0. The summed E-state index contributed by atoms with van der Waals surface area (Å²) in [4.78, 5) is 10.9. The zero-order valence-corrected chi connectivity index (χ0v) is 10.3. The van der Waals surface area contributed by atoms with Crippen LogP contribution in [0.25, 0.3) is 0 Å². The Bertz CT molecular complexity index is 350. The van der Waals surface area contributed by atoms with Crippen LogP contribution in [0.4, 0.5) is 11.6 Å². The quantitative estimate of drug-likeness (QED) is 0.824. The van der Waals surface area contributed by atoms with Crippen molar-refractivity contribution in [3.05, 3.63) is 12.4 Å². The minimum absolute atomic E-state index is 0.152. The van der Waals surface area contributed by atoms with Gasteiger partial charge in [-0.15, -0.1) is 0 Å². The first-order valence-electron chi connectivity index (χ1n) is 6.28. The van der Waals surface area contributed by atoms with E-state index in [1.165, 1.54) is 0 Å². The zero-order chi connectivity index (χ0) is 12.1. The highest BCUT2D eigenvalue weighted by atomic mass is 16.3. The molecule has 0 amide bonds. The van der Waals surface area contributed by atoms with Crippen molar-refractivity contribution < 1.29 is 5.11 Å². The molecule has 1 aliphatic rings. The number of anilines is 2. The van der Waals surface area contributed by atoms with E-state index in [0.717, 1.165) is 50.5 Å².